The number of ketones is 1. The lowest BCUT2D eigenvalue weighted by Gasteiger charge is -2.64. The molecule has 4 rings (SSSR count). The molecule has 170 valence electrons. The lowest BCUT2D eigenvalue weighted by molar-refractivity contribution is -0.197. The largest absolute Gasteiger partial charge is 0.472 e. The van der Waals surface area contributed by atoms with Gasteiger partial charge >= 0.3 is 11.9 Å². The molecule has 2 saturated carbocycles. The molecule has 0 spiro atoms. The summed E-state index contributed by atoms with van der Waals surface area (Å²) in [5.41, 5.74) is 0.487. The minimum absolute atomic E-state index is 0.0100. The standard InChI is InChI=1S/C24H32O7/c1-14(25)30-12-23(4)19-7-8-24(13-31-15(2)26)17-11-29-10-16(17)5-6-20(24)22(19,3)9-18(27)21(23)28/h10-11,19-21,28H,5-9,12-13H2,1-4H3/t19?,20?,21-,22-,23+,24+/m0/s1. The molecule has 1 aromatic rings. The number of carbonyl (C=O) groups is 3. The molecule has 2 unspecified atom stereocenters. The van der Waals surface area contributed by atoms with E-state index in [9.17, 15) is 19.5 Å². The Hall–Kier alpha value is -2.15. The zero-order valence-electron chi connectivity index (χ0n) is 18.7. The van der Waals surface area contributed by atoms with E-state index in [0.717, 1.165) is 36.8 Å². The van der Waals surface area contributed by atoms with Crippen molar-refractivity contribution in [2.75, 3.05) is 13.2 Å². The first-order valence-electron chi connectivity index (χ1n) is 11.1. The number of aliphatic hydroxyl groups is 1. The van der Waals surface area contributed by atoms with Crippen LogP contribution in [0, 0.1) is 22.7 Å². The maximum atomic E-state index is 13.1. The Morgan fingerprint density at radius 2 is 1.77 bits per heavy atom. The quantitative estimate of drug-likeness (QED) is 0.730. The van der Waals surface area contributed by atoms with Gasteiger partial charge in [0.25, 0.3) is 0 Å². The van der Waals surface area contributed by atoms with Gasteiger partial charge in [0.05, 0.1) is 19.1 Å². The van der Waals surface area contributed by atoms with Gasteiger partial charge in [0.1, 0.15) is 12.7 Å². The summed E-state index contributed by atoms with van der Waals surface area (Å²) in [6.07, 6.45) is 5.77. The number of carbonyl (C=O) groups excluding carboxylic acids is 3. The highest BCUT2D eigenvalue weighted by molar-refractivity contribution is 5.86. The topological polar surface area (TPSA) is 103 Å². The predicted octanol–water partition coefficient (Wildman–Crippen LogP) is 2.96. The van der Waals surface area contributed by atoms with Crippen molar-refractivity contribution in [1.29, 1.82) is 0 Å². The van der Waals surface area contributed by atoms with Crippen LogP contribution in [0.25, 0.3) is 0 Å². The molecule has 0 aliphatic heterocycles. The number of hydrogen-bond acceptors (Lipinski definition) is 7. The smallest absolute Gasteiger partial charge is 0.302 e. The van der Waals surface area contributed by atoms with Gasteiger partial charge in [0, 0.05) is 36.7 Å². The van der Waals surface area contributed by atoms with Gasteiger partial charge in [-0.2, -0.15) is 0 Å². The summed E-state index contributed by atoms with van der Waals surface area (Å²) in [5.74, 6) is -0.915. The fourth-order valence-electron chi connectivity index (χ4n) is 7.24. The van der Waals surface area contributed by atoms with Crippen LogP contribution in [0.3, 0.4) is 0 Å². The first-order chi connectivity index (χ1) is 14.5. The van der Waals surface area contributed by atoms with E-state index in [-0.39, 0.29) is 43.2 Å². The summed E-state index contributed by atoms with van der Waals surface area (Å²) in [7, 11) is 0. The minimum atomic E-state index is -1.17. The second-order valence-electron chi connectivity index (χ2n) is 10.3. The van der Waals surface area contributed by atoms with Crippen LogP contribution in [-0.4, -0.2) is 42.1 Å². The van der Waals surface area contributed by atoms with Crippen LogP contribution >= 0.6 is 0 Å². The molecule has 3 aliphatic carbocycles. The Morgan fingerprint density at radius 1 is 1.10 bits per heavy atom. The SMILES string of the molecule is CC(=O)OC[C@@]12CCC3[C@](C)(CC(=O)[C@H](O)[C@]3(C)COC(C)=O)C1CCc1cocc12. The Morgan fingerprint density at radius 3 is 2.45 bits per heavy atom. The monoisotopic (exact) mass is 432 g/mol. The predicted molar refractivity (Wildman–Crippen MR) is 110 cm³/mol. The molecule has 0 bridgehead atoms. The molecule has 1 heterocycles. The fraction of sp³-hybridized carbons (Fsp3) is 0.708. The average molecular weight is 433 g/mol. The molecule has 6 atom stereocenters. The number of esters is 2. The molecule has 2 fully saturated rings. The van der Waals surface area contributed by atoms with Gasteiger partial charge < -0.3 is 19.0 Å². The highest BCUT2D eigenvalue weighted by Crippen LogP contribution is 2.66. The molecule has 1 aromatic heterocycles. The van der Waals surface area contributed by atoms with E-state index in [2.05, 4.69) is 6.92 Å². The number of aliphatic hydroxyl groups excluding tert-OH is 1. The van der Waals surface area contributed by atoms with Crippen LogP contribution in [-0.2, 0) is 35.7 Å². The van der Waals surface area contributed by atoms with Crippen LogP contribution in [0.15, 0.2) is 16.9 Å². The third-order valence-corrected chi connectivity index (χ3v) is 8.52. The van der Waals surface area contributed by atoms with Crippen LogP contribution in [0.4, 0.5) is 0 Å². The molecule has 3 aliphatic rings. The summed E-state index contributed by atoms with van der Waals surface area (Å²) in [5, 5.41) is 10.9. The van der Waals surface area contributed by atoms with Crippen LogP contribution in [0.2, 0.25) is 0 Å². The van der Waals surface area contributed by atoms with Gasteiger partial charge in [-0.1, -0.05) is 13.8 Å². The van der Waals surface area contributed by atoms with Gasteiger partial charge in [0.2, 0.25) is 0 Å². The molecule has 1 N–H and O–H groups in total. The first-order valence-corrected chi connectivity index (χ1v) is 11.1. The molecule has 0 saturated heterocycles. The van der Waals surface area contributed by atoms with E-state index < -0.39 is 28.3 Å². The van der Waals surface area contributed by atoms with Crippen LogP contribution < -0.4 is 0 Å². The van der Waals surface area contributed by atoms with Gasteiger partial charge in [-0.25, -0.2) is 0 Å². The van der Waals surface area contributed by atoms with Crippen LogP contribution in [0.5, 0.6) is 0 Å². The van der Waals surface area contributed by atoms with Crippen molar-refractivity contribution < 1.29 is 33.4 Å². The molecule has 31 heavy (non-hydrogen) atoms. The molecule has 0 amide bonds. The van der Waals surface area contributed by atoms with Crippen LogP contribution in [0.1, 0.15) is 64.5 Å². The van der Waals surface area contributed by atoms with Crippen molar-refractivity contribution in [3.05, 3.63) is 23.7 Å². The summed E-state index contributed by atoms with van der Waals surface area (Å²) in [6, 6.07) is 0. The summed E-state index contributed by atoms with van der Waals surface area (Å²) >= 11 is 0. The number of rotatable bonds is 4. The summed E-state index contributed by atoms with van der Waals surface area (Å²) in [6.45, 7) is 7.01. The number of furan rings is 1. The summed E-state index contributed by atoms with van der Waals surface area (Å²) < 4.78 is 16.5. The third-order valence-electron chi connectivity index (χ3n) is 8.52. The first kappa shape index (κ1) is 22.1. The van der Waals surface area contributed by atoms with Gasteiger partial charge in [-0.3, -0.25) is 14.4 Å². The molecular formula is C24H32O7. The van der Waals surface area contributed by atoms with E-state index in [1.54, 1.807) is 12.5 Å². The van der Waals surface area contributed by atoms with Crippen molar-refractivity contribution in [2.24, 2.45) is 22.7 Å². The van der Waals surface area contributed by atoms with Gasteiger partial charge in [-0.15, -0.1) is 0 Å². The van der Waals surface area contributed by atoms with Crippen molar-refractivity contribution in [3.63, 3.8) is 0 Å². The number of aryl methyl sites for hydroxylation is 1. The number of Topliss-reactive ketones (excluding diaryl/α,β-unsaturated/α-hetero) is 1. The zero-order valence-corrected chi connectivity index (χ0v) is 18.7. The molecule has 0 aromatic carbocycles. The highest BCUT2D eigenvalue weighted by Gasteiger charge is 2.66. The average Bonchev–Trinajstić information content (AvgIpc) is 3.19. The second-order valence-corrected chi connectivity index (χ2v) is 10.3. The Balaban J connectivity index is 1.79. The maximum Gasteiger partial charge on any atom is 0.302 e. The van der Waals surface area contributed by atoms with E-state index in [1.807, 2.05) is 6.92 Å². The molecule has 7 heteroatoms. The number of hydrogen-bond donors (Lipinski definition) is 1. The number of ether oxygens (including phenoxy) is 2. The maximum absolute atomic E-state index is 13.1. The van der Waals surface area contributed by atoms with Crippen molar-refractivity contribution >= 4 is 17.7 Å². The Kier molecular flexibility index (Phi) is 5.31. The molecular weight excluding hydrogens is 400 g/mol. The van der Waals surface area contributed by atoms with Crippen molar-refractivity contribution in [3.8, 4) is 0 Å². The van der Waals surface area contributed by atoms with Crippen molar-refractivity contribution in [2.45, 2.75) is 71.3 Å². The van der Waals surface area contributed by atoms with Gasteiger partial charge in [0.15, 0.2) is 5.78 Å². The van der Waals surface area contributed by atoms with E-state index >= 15 is 0 Å². The van der Waals surface area contributed by atoms with E-state index in [4.69, 9.17) is 13.9 Å². The number of fused-ring (bicyclic) bond motifs is 5. The Labute approximate surface area is 182 Å². The molecule has 7 nitrogen and oxygen atoms in total. The lowest BCUT2D eigenvalue weighted by atomic mass is 9.40. The minimum Gasteiger partial charge on any atom is -0.472 e. The zero-order chi connectivity index (χ0) is 22.6. The fourth-order valence-corrected chi connectivity index (χ4v) is 7.24. The third kappa shape index (κ3) is 3.23. The highest BCUT2D eigenvalue weighted by atomic mass is 16.5. The molecule has 0 radical (unpaired) electrons. The summed E-state index contributed by atoms with van der Waals surface area (Å²) in [4.78, 5) is 36.3. The van der Waals surface area contributed by atoms with E-state index in [1.165, 1.54) is 13.8 Å². The van der Waals surface area contributed by atoms with Crippen molar-refractivity contribution in [1.82, 2.24) is 0 Å². The van der Waals surface area contributed by atoms with E-state index in [0.29, 0.717) is 0 Å². The second kappa shape index (κ2) is 7.47. The lowest BCUT2D eigenvalue weighted by Crippen LogP contribution is -2.66. The Bertz CT molecular complexity index is 903. The normalized spacial score (nSPS) is 39.1. The van der Waals surface area contributed by atoms with Gasteiger partial charge in [-0.05, 0) is 48.5 Å².